The standard InChI is InChI=1S/C9H11ClN2/c10-8-3-1-2-7(6-8)9-4-5-11-12-9/h1-3,6,9,11-12H,4-5H2. The predicted octanol–water partition coefficient (Wildman–Crippen LogP) is 1.88. The van der Waals surface area contributed by atoms with Gasteiger partial charge in [-0.1, -0.05) is 23.7 Å². The summed E-state index contributed by atoms with van der Waals surface area (Å²) in [6.45, 7) is 1.02. The molecule has 1 aromatic rings. The molecule has 64 valence electrons. The molecule has 2 N–H and O–H groups in total. The van der Waals surface area contributed by atoms with Gasteiger partial charge in [0.15, 0.2) is 0 Å². The minimum atomic E-state index is 0.420. The van der Waals surface area contributed by atoms with Crippen molar-refractivity contribution in [2.45, 2.75) is 12.5 Å². The largest absolute Gasteiger partial charge is 0.257 e. The first-order valence-electron chi connectivity index (χ1n) is 4.10. The van der Waals surface area contributed by atoms with Crippen molar-refractivity contribution in [2.24, 2.45) is 0 Å². The first kappa shape index (κ1) is 8.05. The van der Waals surface area contributed by atoms with Gasteiger partial charge in [-0.2, -0.15) is 0 Å². The average molecular weight is 183 g/mol. The van der Waals surface area contributed by atoms with Gasteiger partial charge in [-0.05, 0) is 24.1 Å². The Labute approximate surface area is 76.9 Å². The van der Waals surface area contributed by atoms with E-state index in [4.69, 9.17) is 11.6 Å². The molecule has 1 atom stereocenters. The molecule has 3 heteroatoms. The molecule has 1 heterocycles. The lowest BCUT2D eigenvalue weighted by Gasteiger charge is -2.09. The van der Waals surface area contributed by atoms with E-state index >= 15 is 0 Å². The number of hydrazine groups is 1. The van der Waals surface area contributed by atoms with Crippen LogP contribution in [0.3, 0.4) is 0 Å². The molecular weight excluding hydrogens is 172 g/mol. The monoisotopic (exact) mass is 182 g/mol. The summed E-state index contributed by atoms with van der Waals surface area (Å²) in [6, 6.07) is 8.40. The summed E-state index contributed by atoms with van der Waals surface area (Å²) in [4.78, 5) is 0. The molecule has 0 bridgehead atoms. The Bertz CT molecular complexity index is 269. The van der Waals surface area contributed by atoms with Gasteiger partial charge in [0.2, 0.25) is 0 Å². The molecule has 2 rings (SSSR count). The van der Waals surface area contributed by atoms with Crippen LogP contribution >= 0.6 is 11.6 Å². The summed E-state index contributed by atoms with van der Waals surface area (Å²) < 4.78 is 0. The third kappa shape index (κ3) is 1.61. The SMILES string of the molecule is Clc1cccc(C2CCNN2)c1. The zero-order valence-electron chi connectivity index (χ0n) is 6.68. The third-order valence-corrected chi connectivity index (χ3v) is 2.32. The Morgan fingerprint density at radius 3 is 3.00 bits per heavy atom. The van der Waals surface area contributed by atoms with Crippen molar-refractivity contribution >= 4 is 11.6 Å². The van der Waals surface area contributed by atoms with Crippen LogP contribution in [0.2, 0.25) is 5.02 Å². The zero-order chi connectivity index (χ0) is 8.39. The van der Waals surface area contributed by atoms with E-state index in [-0.39, 0.29) is 0 Å². The van der Waals surface area contributed by atoms with E-state index in [1.807, 2.05) is 18.2 Å². The van der Waals surface area contributed by atoms with E-state index in [1.54, 1.807) is 0 Å². The summed E-state index contributed by atoms with van der Waals surface area (Å²) in [5, 5.41) is 0.807. The summed E-state index contributed by atoms with van der Waals surface area (Å²) in [7, 11) is 0. The van der Waals surface area contributed by atoms with Crippen molar-refractivity contribution in [1.82, 2.24) is 10.9 Å². The molecular formula is C9H11ClN2. The van der Waals surface area contributed by atoms with Crippen molar-refractivity contribution in [2.75, 3.05) is 6.54 Å². The second kappa shape index (κ2) is 3.44. The van der Waals surface area contributed by atoms with Crippen molar-refractivity contribution in [1.29, 1.82) is 0 Å². The Balaban J connectivity index is 2.21. The van der Waals surface area contributed by atoms with Crippen LogP contribution in [0.15, 0.2) is 24.3 Å². The molecule has 0 radical (unpaired) electrons. The second-order valence-electron chi connectivity index (χ2n) is 2.97. The van der Waals surface area contributed by atoms with Crippen molar-refractivity contribution < 1.29 is 0 Å². The molecule has 2 nitrogen and oxygen atoms in total. The summed E-state index contributed by atoms with van der Waals surface area (Å²) in [5.74, 6) is 0. The number of nitrogens with one attached hydrogen (secondary N) is 2. The lowest BCUT2D eigenvalue weighted by atomic mass is 10.1. The second-order valence-corrected chi connectivity index (χ2v) is 3.40. The fourth-order valence-electron chi connectivity index (χ4n) is 1.46. The highest BCUT2D eigenvalue weighted by atomic mass is 35.5. The number of hydrogen-bond acceptors (Lipinski definition) is 2. The van der Waals surface area contributed by atoms with Crippen molar-refractivity contribution in [3.63, 3.8) is 0 Å². The first-order valence-corrected chi connectivity index (χ1v) is 4.48. The number of benzene rings is 1. The molecule has 1 aromatic carbocycles. The van der Waals surface area contributed by atoms with Gasteiger partial charge in [-0.25, -0.2) is 0 Å². The van der Waals surface area contributed by atoms with Crippen LogP contribution in [0.4, 0.5) is 0 Å². The number of rotatable bonds is 1. The molecule has 0 spiro atoms. The average Bonchev–Trinajstić information content (AvgIpc) is 2.56. The van der Waals surface area contributed by atoms with Gasteiger partial charge in [0.25, 0.3) is 0 Å². The molecule has 0 aromatic heterocycles. The van der Waals surface area contributed by atoms with Crippen LogP contribution in [0.1, 0.15) is 18.0 Å². The quantitative estimate of drug-likeness (QED) is 0.693. The molecule has 0 aliphatic carbocycles. The van der Waals surface area contributed by atoms with Crippen LogP contribution in [0.25, 0.3) is 0 Å². The fourth-order valence-corrected chi connectivity index (χ4v) is 1.66. The molecule has 1 saturated heterocycles. The van der Waals surface area contributed by atoms with Crippen LogP contribution < -0.4 is 10.9 Å². The van der Waals surface area contributed by atoms with E-state index in [9.17, 15) is 0 Å². The van der Waals surface area contributed by atoms with Gasteiger partial charge in [0.05, 0.1) is 0 Å². The minimum Gasteiger partial charge on any atom is -0.257 e. The van der Waals surface area contributed by atoms with E-state index in [1.165, 1.54) is 5.56 Å². The minimum absolute atomic E-state index is 0.420. The molecule has 1 fully saturated rings. The molecule has 12 heavy (non-hydrogen) atoms. The smallest absolute Gasteiger partial charge is 0.0475 e. The molecule has 1 aliphatic rings. The molecule has 0 amide bonds. The van der Waals surface area contributed by atoms with E-state index < -0.39 is 0 Å². The van der Waals surface area contributed by atoms with Gasteiger partial charge in [-0.15, -0.1) is 0 Å². The molecule has 1 aliphatic heterocycles. The van der Waals surface area contributed by atoms with Crippen molar-refractivity contribution in [3.05, 3.63) is 34.9 Å². The maximum absolute atomic E-state index is 5.88. The Morgan fingerprint density at radius 2 is 2.33 bits per heavy atom. The van der Waals surface area contributed by atoms with Gasteiger partial charge >= 0.3 is 0 Å². The highest BCUT2D eigenvalue weighted by Crippen LogP contribution is 2.21. The predicted molar refractivity (Wildman–Crippen MR) is 49.9 cm³/mol. The third-order valence-electron chi connectivity index (χ3n) is 2.09. The van der Waals surface area contributed by atoms with Gasteiger partial charge in [0, 0.05) is 17.6 Å². The number of hydrogen-bond donors (Lipinski definition) is 2. The fraction of sp³-hybridized carbons (Fsp3) is 0.333. The zero-order valence-corrected chi connectivity index (χ0v) is 7.43. The highest BCUT2D eigenvalue weighted by molar-refractivity contribution is 6.30. The summed E-state index contributed by atoms with van der Waals surface area (Å²) >= 11 is 5.88. The van der Waals surface area contributed by atoms with Crippen molar-refractivity contribution in [3.8, 4) is 0 Å². The lowest BCUT2D eigenvalue weighted by molar-refractivity contribution is 0.581. The van der Waals surface area contributed by atoms with E-state index in [0.29, 0.717) is 6.04 Å². The molecule has 1 unspecified atom stereocenters. The van der Waals surface area contributed by atoms with Gasteiger partial charge in [0.1, 0.15) is 0 Å². The first-order chi connectivity index (χ1) is 5.86. The normalized spacial score (nSPS) is 22.9. The maximum atomic E-state index is 5.88. The van der Waals surface area contributed by atoms with Gasteiger partial charge < -0.3 is 0 Å². The lowest BCUT2D eigenvalue weighted by Crippen LogP contribution is -2.24. The van der Waals surface area contributed by atoms with Gasteiger partial charge in [-0.3, -0.25) is 10.9 Å². The summed E-state index contributed by atoms with van der Waals surface area (Å²) in [5.41, 5.74) is 7.55. The molecule has 0 saturated carbocycles. The van der Waals surface area contributed by atoms with E-state index in [2.05, 4.69) is 16.9 Å². The van der Waals surface area contributed by atoms with Crippen LogP contribution in [-0.2, 0) is 0 Å². The maximum Gasteiger partial charge on any atom is 0.0475 e. The Hall–Kier alpha value is -0.570. The van der Waals surface area contributed by atoms with Crippen LogP contribution in [0, 0.1) is 0 Å². The van der Waals surface area contributed by atoms with E-state index in [0.717, 1.165) is 18.0 Å². The topological polar surface area (TPSA) is 24.1 Å². The Morgan fingerprint density at radius 1 is 1.42 bits per heavy atom. The van der Waals surface area contributed by atoms with Crippen LogP contribution in [-0.4, -0.2) is 6.54 Å². The van der Waals surface area contributed by atoms with Crippen LogP contribution in [0.5, 0.6) is 0 Å². The summed E-state index contributed by atoms with van der Waals surface area (Å²) in [6.07, 6.45) is 1.13. The number of halogens is 1. The highest BCUT2D eigenvalue weighted by Gasteiger charge is 2.15. The Kier molecular flexibility index (Phi) is 2.30.